The summed E-state index contributed by atoms with van der Waals surface area (Å²) in [6.45, 7) is 0. The van der Waals surface area contributed by atoms with Gasteiger partial charge in [0.2, 0.25) is 0 Å². The van der Waals surface area contributed by atoms with Crippen LogP contribution in [0.2, 0.25) is 0 Å². The first kappa shape index (κ1) is 36.1. The fourth-order valence-electron chi connectivity index (χ4n) is 9.78. The minimum absolute atomic E-state index is 0.524. The first-order chi connectivity index (χ1) is 31.7. The van der Waals surface area contributed by atoms with E-state index in [0.717, 1.165) is 60.9 Å². The zero-order valence-electron chi connectivity index (χ0n) is 34.3. The molecule has 0 bridgehead atoms. The molecule has 1 aliphatic heterocycles. The third kappa shape index (κ3) is 5.56. The van der Waals surface area contributed by atoms with E-state index < -0.39 is 5.41 Å². The van der Waals surface area contributed by atoms with Crippen molar-refractivity contribution in [1.29, 1.82) is 0 Å². The molecule has 2 aromatic heterocycles. The number of hydrogen-bond donors (Lipinski definition) is 0. The zero-order chi connectivity index (χ0) is 42.2. The summed E-state index contributed by atoms with van der Waals surface area (Å²) in [6, 6.07) is 73.2. The monoisotopic (exact) mass is 821 g/mol. The summed E-state index contributed by atoms with van der Waals surface area (Å²) >= 11 is 0. The van der Waals surface area contributed by atoms with Gasteiger partial charge in [0.05, 0.1) is 5.41 Å². The van der Waals surface area contributed by atoms with E-state index >= 15 is 0 Å². The highest BCUT2D eigenvalue weighted by Gasteiger charge is 2.47. The first-order valence-corrected chi connectivity index (χ1v) is 21.4. The molecule has 6 nitrogen and oxygen atoms in total. The SMILES string of the molecule is c1ccc(-c2nc(-c3ccc(-c4cccc5c4oc4ccccc45)cc3)nc(-c3ccc4c(c3)Oc3cc5c(cc3O4)C(c3ccccc3)(c3ccccc3)c3ccccc3-5)n2)cc1. The number of hydrogen-bond acceptors (Lipinski definition) is 6. The quantitative estimate of drug-likeness (QED) is 0.166. The number of nitrogens with zero attached hydrogens (tertiary/aromatic N) is 3. The van der Waals surface area contributed by atoms with E-state index in [1.165, 1.54) is 22.3 Å². The number of aromatic nitrogens is 3. The van der Waals surface area contributed by atoms with E-state index in [1.54, 1.807) is 0 Å². The number of ether oxygens (including phenoxy) is 2. The molecule has 1 aliphatic carbocycles. The van der Waals surface area contributed by atoms with Gasteiger partial charge in [-0.1, -0.05) is 176 Å². The lowest BCUT2D eigenvalue weighted by molar-refractivity contribution is 0.359. The van der Waals surface area contributed by atoms with Crippen LogP contribution in [0.5, 0.6) is 23.0 Å². The standard InChI is InChI=1S/C58H35N3O3/c1-4-15-37(16-5-1)55-59-56(38-29-27-36(28-30-38)42-23-14-24-45-44-22-11-13-26-49(44)64-54(42)45)61-57(60-55)39-31-32-50-51(33-39)63-52-34-46-43-21-10-12-25-47(43)58(40-17-6-2-7-18-40,41-19-8-3-9-20-41)48(46)35-53(52)62-50/h1-35H. The van der Waals surface area contributed by atoms with Gasteiger partial charge < -0.3 is 13.9 Å². The van der Waals surface area contributed by atoms with Gasteiger partial charge in [0.1, 0.15) is 11.2 Å². The largest absolute Gasteiger partial charge is 0.455 e. The Morgan fingerprint density at radius 2 is 0.859 bits per heavy atom. The van der Waals surface area contributed by atoms with Gasteiger partial charge in [0.25, 0.3) is 0 Å². The third-order valence-corrected chi connectivity index (χ3v) is 12.7. The van der Waals surface area contributed by atoms with Crippen molar-refractivity contribution in [2.45, 2.75) is 5.41 Å². The number of benzene rings is 9. The van der Waals surface area contributed by atoms with Crippen molar-refractivity contribution < 1.29 is 13.9 Å². The first-order valence-electron chi connectivity index (χ1n) is 21.4. The van der Waals surface area contributed by atoms with E-state index in [0.29, 0.717) is 40.5 Å². The molecular formula is C58H35N3O3. The fraction of sp³-hybridized carbons (Fsp3) is 0.0172. The number of para-hydroxylation sites is 2. The number of furan rings is 1. The Kier molecular flexibility index (Phi) is 8.02. The van der Waals surface area contributed by atoms with Crippen LogP contribution in [0.15, 0.2) is 217 Å². The second-order valence-electron chi connectivity index (χ2n) is 16.3. The Balaban J connectivity index is 0.889. The lowest BCUT2D eigenvalue weighted by Crippen LogP contribution is -2.28. The Morgan fingerprint density at radius 3 is 1.61 bits per heavy atom. The number of rotatable bonds is 6. The lowest BCUT2D eigenvalue weighted by Gasteiger charge is -2.34. The Morgan fingerprint density at radius 1 is 0.328 bits per heavy atom. The smallest absolute Gasteiger partial charge is 0.170 e. The van der Waals surface area contributed by atoms with Crippen molar-refractivity contribution in [2.75, 3.05) is 0 Å². The van der Waals surface area contributed by atoms with Gasteiger partial charge in [-0.2, -0.15) is 0 Å². The molecule has 2 aliphatic rings. The molecule has 64 heavy (non-hydrogen) atoms. The molecule has 0 saturated carbocycles. The average molecular weight is 822 g/mol. The molecule has 0 fully saturated rings. The Labute approximate surface area is 368 Å². The molecule has 300 valence electrons. The summed E-state index contributed by atoms with van der Waals surface area (Å²) in [4.78, 5) is 15.1. The van der Waals surface area contributed by atoms with E-state index in [4.69, 9.17) is 28.8 Å². The second-order valence-corrected chi connectivity index (χ2v) is 16.3. The number of fused-ring (bicyclic) bond motifs is 8. The molecule has 3 heterocycles. The van der Waals surface area contributed by atoms with E-state index in [9.17, 15) is 0 Å². The summed E-state index contributed by atoms with van der Waals surface area (Å²) in [7, 11) is 0. The maximum atomic E-state index is 6.79. The van der Waals surface area contributed by atoms with Crippen LogP contribution in [0.3, 0.4) is 0 Å². The van der Waals surface area contributed by atoms with Gasteiger partial charge in [-0.25, -0.2) is 15.0 Å². The van der Waals surface area contributed by atoms with Crippen LogP contribution in [0, 0.1) is 0 Å². The summed E-state index contributed by atoms with van der Waals surface area (Å²) < 4.78 is 19.9. The molecule has 0 spiro atoms. The summed E-state index contributed by atoms with van der Waals surface area (Å²) in [5, 5.41) is 2.20. The molecule has 0 saturated heterocycles. The van der Waals surface area contributed by atoms with E-state index in [-0.39, 0.29) is 0 Å². The van der Waals surface area contributed by atoms with Crippen molar-refractivity contribution >= 4 is 21.9 Å². The van der Waals surface area contributed by atoms with Crippen molar-refractivity contribution in [2.24, 2.45) is 0 Å². The van der Waals surface area contributed by atoms with Crippen LogP contribution in [0.4, 0.5) is 0 Å². The Bertz CT molecular complexity index is 3570. The van der Waals surface area contributed by atoms with Crippen LogP contribution >= 0.6 is 0 Å². The second kappa shape index (κ2) is 14.2. The third-order valence-electron chi connectivity index (χ3n) is 12.7. The predicted octanol–water partition coefficient (Wildman–Crippen LogP) is 14.7. The van der Waals surface area contributed by atoms with Gasteiger partial charge in [-0.15, -0.1) is 0 Å². The summed E-state index contributed by atoms with van der Waals surface area (Å²) in [6.07, 6.45) is 0. The van der Waals surface area contributed by atoms with Gasteiger partial charge in [0, 0.05) is 33.0 Å². The van der Waals surface area contributed by atoms with Gasteiger partial charge >= 0.3 is 0 Å². The van der Waals surface area contributed by atoms with Gasteiger partial charge in [0.15, 0.2) is 40.5 Å². The molecule has 0 unspecified atom stereocenters. The maximum Gasteiger partial charge on any atom is 0.170 e. The van der Waals surface area contributed by atoms with Crippen molar-refractivity contribution in [3.63, 3.8) is 0 Å². The summed E-state index contributed by atoms with van der Waals surface area (Å²) in [5.41, 5.74) is 12.8. The van der Waals surface area contributed by atoms with Crippen molar-refractivity contribution in [3.05, 3.63) is 235 Å². The average Bonchev–Trinajstić information content (AvgIpc) is 3.89. The molecule has 11 aromatic rings. The molecule has 6 heteroatoms. The highest BCUT2D eigenvalue weighted by Crippen LogP contribution is 2.59. The van der Waals surface area contributed by atoms with Crippen LogP contribution in [0.25, 0.3) is 78.4 Å². The highest BCUT2D eigenvalue weighted by molar-refractivity contribution is 6.09. The molecule has 0 N–H and O–H groups in total. The summed E-state index contributed by atoms with van der Waals surface area (Å²) in [5.74, 6) is 4.17. The van der Waals surface area contributed by atoms with Gasteiger partial charge in [-0.3, -0.25) is 0 Å². The molecule has 13 rings (SSSR count). The Hall–Kier alpha value is -8.61. The van der Waals surface area contributed by atoms with Crippen LogP contribution in [-0.2, 0) is 5.41 Å². The highest BCUT2D eigenvalue weighted by atomic mass is 16.6. The lowest BCUT2D eigenvalue weighted by atomic mass is 9.67. The fourth-order valence-corrected chi connectivity index (χ4v) is 9.78. The molecule has 0 radical (unpaired) electrons. The topological polar surface area (TPSA) is 70.3 Å². The molecular weight excluding hydrogens is 787 g/mol. The molecule has 0 amide bonds. The van der Waals surface area contributed by atoms with Crippen molar-refractivity contribution in [1.82, 2.24) is 15.0 Å². The van der Waals surface area contributed by atoms with E-state index in [2.05, 4.69) is 146 Å². The minimum atomic E-state index is -0.549. The zero-order valence-corrected chi connectivity index (χ0v) is 34.3. The van der Waals surface area contributed by atoms with Crippen molar-refractivity contribution in [3.8, 4) is 79.4 Å². The van der Waals surface area contributed by atoms with Gasteiger partial charge in [-0.05, 0) is 75.3 Å². The maximum absolute atomic E-state index is 6.79. The van der Waals surface area contributed by atoms with Crippen LogP contribution < -0.4 is 9.47 Å². The predicted molar refractivity (Wildman–Crippen MR) is 253 cm³/mol. The minimum Gasteiger partial charge on any atom is -0.455 e. The van der Waals surface area contributed by atoms with E-state index in [1.807, 2.05) is 66.7 Å². The van der Waals surface area contributed by atoms with Crippen LogP contribution in [-0.4, -0.2) is 15.0 Å². The molecule has 0 atom stereocenters. The molecule has 9 aromatic carbocycles. The van der Waals surface area contributed by atoms with Crippen LogP contribution in [0.1, 0.15) is 22.3 Å². The normalized spacial score (nSPS) is 13.1.